The summed E-state index contributed by atoms with van der Waals surface area (Å²) in [7, 11) is 0. The minimum absolute atomic E-state index is 0.124. The third-order valence-corrected chi connectivity index (χ3v) is 7.62. The standard InChI is InChI=1S/C25H28N4O4S2/c1-4-12-29-20(14-33-17-9-6-8-16(3)13-17)27-28-25(29)34-15-21(30)26-23-22(24(31)32-5-2)18-10-7-11-19(18)35-23/h4,6,8-9,13H,1,5,7,10-12,14-15H2,2-3H3,(H,26,30). The molecule has 0 fully saturated rings. The first-order chi connectivity index (χ1) is 17.0. The van der Waals surface area contributed by atoms with Crippen LogP contribution in [0, 0.1) is 6.92 Å². The van der Waals surface area contributed by atoms with E-state index in [1.807, 2.05) is 35.8 Å². The lowest BCUT2D eigenvalue weighted by Crippen LogP contribution is -2.17. The number of amides is 1. The molecule has 0 aliphatic heterocycles. The minimum Gasteiger partial charge on any atom is -0.486 e. The Bertz CT molecular complexity index is 1230. The molecular weight excluding hydrogens is 484 g/mol. The Morgan fingerprint density at radius 1 is 1.31 bits per heavy atom. The summed E-state index contributed by atoms with van der Waals surface area (Å²) in [6.45, 7) is 8.64. The van der Waals surface area contributed by atoms with E-state index in [1.54, 1.807) is 13.0 Å². The van der Waals surface area contributed by atoms with E-state index in [-0.39, 0.29) is 24.2 Å². The highest BCUT2D eigenvalue weighted by molar-refractivity contribution is 7.99. The second-order valence-electron chi connectivity index (χ2n) is 8.02. The smallest absolute Gasteiger partial charge is 0.341 e. The number of carbonyl (C=O) groups is 2. The maximum atomic E-state index is 12.8. The van der Waals surface area contributed by atoms with Crippen molar-refractivity contribution in [1.29, 1.82) is 0 Å². The molecule has 1 aromatic carbocycles. The van der Waals surface area contributed by atoms with Crippen LogP contribution in [0.2, 0.25) is 0 Å². The number of anilines is 1. The van der Waals surface area contributed by atoms with Gasteiger partial charge in [-0.15, -0.1) is 28.1 Å². The highest BCUT2D eigenvalue weighted by atomic mass is 32.2. The first-order valence-corrected chi connectivity index (χ1v) is 13.3. The Balaban J connectivity index is 1.41. The lowest BCUT2D eigenvalue weighted by Gasteiger charge is -2.10. The molecule has 0 bridgehead atoms. The van der Waals surface area contributed by atoms with Gasteiger partial charge in [0.25, 0.3) is 0 Å². The summed E-state index contributed by atoms with van der Waals surface area (Å²) in [5.41, 5.74) is 2.63. The topological polar surface area (TPSA) is 95.3 Å². The van der Waals surface area contributed by atoms with E-state index in [9.17, 15) is 9.59 Å². The molecule has 2 heterocycles. The van der Waals surface area contributed by atoms with Crippen molar-refractivity contribution in [2.75, 3.05) is 17.7 Å². The highest BCUT2D eigenvalue weighted by Crippen LogP contribution is 2.39. The summed E-state index contributed by atoms with van der Waals surface area (Å²) in [6.07, 6.45) is 4.53. The number of carbonyl (C=O) groups excluding carboxylic acids is 2. The second kappa shape index (κ2) is 11.5. The van der Waals surface area contributed by atoms with Gasteiger partial charge in [-0.05, 0) is 56.4 Å². The Morgan fingerprint density at radius 3 is 2.94 bits per heavy atom. The van der Waals surface area contributed by atoms with Gasteiger partial charge in [0.05, 0.1) is 17.9 Å². The van der Waals surface area contributed by atoms with E-state index in [0.717, 1.165) is 41.0 Å². The molecule has 35 heavy (non-hydrogen) atoms. The van der Waals surface area contributed by atoms with Crippen LogP contribution in [0.3, 0.4) is 0 Å². The molecule has 8 nitrogen and oxygen atoms in total. The first-order valence-electron chi connectivity index (χ1n) is 11.5. The molecule has 1 N–H and O–H groups in total. The fourth-order valence-corrected chi connectivity index (χ4v) is 5.96. The fraction of sp³-hybridized carbons (Fsp3) is 0.360. The number of benzene rings is 1. The number of nitrogens with zero attached hydrogens (tertiary/aromatic N) is 3. The van der Waals surface area contributed by atoms with Crippen molar-refractivity contribution >= 4 is 40.0 Å². The number of esters is 1. The van der Waals surface area contributed by atoms with E-state index >= 15 is 0 Å². The van der Waals surface area contributed by atoms with Gasteiger partial charge in [-0.1, -0.05) is 30.0 Å². The molecule has 10 heteroatoms. The van der Waals surface area contributed by atoms with Gasteiger partial charge in [-0.2, -0.15) is 0 Å². The lowest BCUT2D eigenvalue weighted by atomic mass is 10.1. The Labute approximate surface area is 212 Å². The molecule has 1 amide bonds. The van der Waals surface area contributed by atoms with Crippen molar-refractivity contribution in [3.8, 4) is 5.75 Å². The molecular formula is C25H28N4O4S2. The number of allylic oxidation sites excluding steroid dienone is 1. The summed E-state index contributed by atoms with van der Waals surface area (Å²) in [5, 5.41) is 12.6. The zero-order chi connectivity index (χ0) is 24.8. The van der Waals surface area contributed by atoms with Gasteiger partial charge in [0.1, 0.15) is 17.4 Å². The number of aromatic nitrogens is 3. The molecule has 0 saturated heterocycles. The molecule has 0 atom stereocenters. The van der Waals surface area contributed by atoms with Crippen molar-refractivity contribution in [3.63, 3.8) is 0 Å². The zero-order valence-corrected chi connectivity index (χ0v) is 21.5. The number of thioether (sulfide) groups is 1. The van der Waals surface area contributed by atoms with E-state index < -0.39 is 0 Å². The maximum absolute atomic E-state index is 12.8. The van der Waals surface area contributed by atoms with Crippen molar-refractivity contribution in [3.05, 3.63) is 64.3 Å². The molecule has 0 spiro atoms. The number of thiophene rings is 1. The van der Waals surface area contributed by atoms with Crippen molar-refractivity contribution in [1.82, 2.24) is 14.8 Å². The van der Waals surface area contributed by atoms with Gasteiger partial charge >= 0.3 is 5.97 Å². The van der Waals surface area contributed by atoms with E-state index in [4.69, 9.17) is 9.47 Å². The average molecular weight is 513 g/mol. The number of rotatable bonds is 11. The molecule has 2 aromatic heterocycles. The molecule has 1 aliphatic carbocycles. The Kier molecular flexibility index (Phi) is 8.25. The number of hydrogen-bond acceptors (Lipinski definition) is 8. The average Bonchev–Trinajstić information content (AvgIpc) is 3.52. The van der Waals surface area contributed by atoms with Gasteiger partial charge in [0.2, 0.25) is 5.91 Å². The Hall–Kier alpha value is -3.11. The fourth-order valence-electron chi connectivity index (χ4n) is 3.90. The summed E-state index contributed by atoms with van der Waals surface area (Å²) < 4.78 is 13.0. The minimum atomic E-state index is -0.376. The number of ether oxygens (including phenoxy) is 2. The quantitative estimate of drug-likeness (QED) is 0.224. The molecule has 3 aromatic rings. The largest absolute Gasteiger partial charge is 0.486 e. The van der Waals surface area contributed by atoms with E-state index in [2.05, 4.69) is 22.1 Å². The van der Waals surface area contributed by atoms with Crippen LogP contribution < -0.4 is 10.1 Å². The zero-order valence-electron chi connectivity index (χ0n) is 19.8. The van der Waals surface area contributed by atoms with E-state index in [1.165, 1.54) is 23.1 Å². The van der Waals surface area contributed by atoms with Crippen molar-refractivity contribution in [2.45, 2.75) is 51.4 Å². The van der Waals surface area contributed by atoms with Gasteiger partial charge < -0.3 is 14.8 Å². The van der Waals surface area contributed by atoms with Crippen LogP contribution in [-0.2, 0) is 35.5 Å². The molecule has 0 radical (unpaired) electrons. The highest BCUT2D eigenvalue weighted by Gasteiger charge is 2.28. The van der Waals surface area contributed by atoms with Gasteiger partial charge in [-0.3, -0.25) is 9.36 Å². The SMILES string of the molecule is C=CCn1c(COc2cccc(C)c2)nnc1SCC(=O)Nc1sc2c(c1C(=O)OCC)CCC2. The van der Waals surface area contributed by atoms with Crippen LogP contribution in [0.15, 0.2) is 42.1 Å². The van der Waals surface area contributed by atoms with Crippen molar-refractivity contribution < 1.29 is 19.1 Å². The predicted molar refractivity (Wildman–Crippen MR) is 137 cm³/mol. The normalized spacial score (nSPS) is 12.3. The first kappa shape index (κ1) is 25.0. The third kappa shape index (κ3) is 5.94. The maximum Gasteiger partial charge on any atom is 0.341 e. The van der Waals surface area contributed by atoms with Crippen LogP contribution in [0.25, 0.3) is 0 Å². The summed E-state index contributed by atoms with van der Waals surface area (Å²) in [4.78, 5) is 26.5. The summed E-state index contributed by atoms with van der Waals surface area (Å²) in [5.74, 6) is 0.935. The van der Waals surface area contributed by atoms with Crippen LogP contribution >= 0.6 is 23.1 Å². The van der Waals surface area contributed by atoms with E-state index in [0.29, 0.717) is 34.7 Å². The molecule has 184 valence electrons. The third-order valence-electron chi connectivity index (χ3n) is 5.45. The Morgan fingerprint density at radius 2 is 2.17 bits per heavy atom. The second-order valence-corrected chi connectivity index (χ2v) is 10.1. The molecule has 4 rings (SSSR count). The van der Waals surface area contributed by atoms with Gasteiger partial charge in [0.15, 0.2) is 11.0 Å². The molecule has 0 saturated carbocycles. The van der Waals surface area contributed by atoms with Crippen LogP contribution in [0.1, 0.15) is 45.5 Å². The summed E-state index contributed by atoms with van der Waals surface area (Å²) >= 11 is 2.75. The van der Waals surface area contributed by atoms with Gasteiger partial charge in [0, 0.05) is 11.4 Å². The molecule has 0 unspecified atom stereocenters. The monoisotopic (exact) mass is 512 g/mol. The van der Waals surface area contributed by atoms with Crippen LogP contribution in [0.5, 0.6) is 5.75 Å². The number of fused-ring (bicyclic) bond motifs is 1. The number of aryl methyl sites for hydroxylation is 2. The number of nitrogens with one attached hydrogen (secondary N) is 1. The summed E-state index contributed by atoms with van der Waals surface area (Å²) in [6, 6.07) is 7.80. The lowest BCUT2D eigenvalue weighted by molar-refractivity contribution is -0.113. The van der Waals surface area contributed by atoms with Crippen LogP contribution in [0.4, 0.5) is 5.00 Å². The van der Waals surface area contributed by atoms with Gasteiger partial charge in [-0.25, -0.2) is 4.79 Å². The number of hydrogen-bond donors (Lipinski definition) is 1. The van der Waals surface area contributed by atoms with Crippen LogP contribution in [-0.4, -0.2) is 39.0 Å². The van der Waals surface area contributed by atoms with Crippen molar-refractivity contribution in [2.24, 2.45) is 0 Å². The molecule has 1 aliphatic rings. The predicted octanol–water partition coefficient (Wildman–Crippen LogP) is 4.81.